The lowest BCUT2D eigenvalue weighted by atomic mass is 9.99. The number of methoxy groups -OCH3 is 1. The third-order valence-electron chi connectivity index (χ3n) is 4.03. The highest BCUT2D eigenvalue weighted by molar-refractivity contribution is 6.11. The number of carboxylic acid groups (broad SMARTS) is 1. The first kappa shape index (κ1) is 14.2. The number of aromatic carboxylic acids is 1. The summed E-state index contributed by atoms with van der Waals surface area (Å²) in [6.45, 7) is 0. The van der Waals surface area contributed by atoms with E-state index < -0.39 is 5.97 Å². The Hall–Kier alpha value is -3.41. The average molecular weight is 319 g/mol. The summed E-state index contributed by atoms with van der Waals surface area (Å²) in [4.78, 5) is 16.0. The summed E-state index contributed by atoms with van der Waals surface area (Å²) in [6.07, 6.45) is 1.69. The number of hydrogen-bond donors (Lipinski definition) is 2. The summed E-state index contributed by atoms with van der Waals surface area (Å²) in [5, 5.41) is 18.2. The lowest BCUT2D eigenvalue weighted by Gasteiger charge is -2.09. The molecule has 0 fully saturated rings. The van der Waals surface area contributed by atoms with Gasteiger partial charge in [0.05, 0.1) is 18.2 Å². The highest BCUT2D eigenvalue weighted by atomic mass is 16.5. The molecule has 0 saturated carbocycles. The van der Waals surface area contributed by atoms with E-state index in [0.29, 0.717) is 27.9 Å². The maximum absolute atomic E-state index is 11.6. The zero-order chi connectivity index (χ0) is 16.7. The lowest BCUT2D eigenvalue weighted by Crippen LogP contribution is -1.97. The smallest absolute Gasteiger partial charge is 0.336 e. The Morgan fingerprint density at radius 1 is 1.17 bits per heavy atom. The highest BCUT2D eigenvalue weighted by Gasteiger charge is 2.18. The second kappa shape index (κ2) is 5.34. The molecule has 0 aliphatic heterocycles. The summed E-state index contributed by atoms with van der Waals surface area (Å²) in [5.74, 6) is -0.327. The van der Waals surface area contributed by atoms with Crippen molar-refractivity contribution in [1.29, 1.82) is 0 Å². The normalized spacial score (nSPS) is 11.0. The molecule has 0 bridgehead atoms. The van der Waals surface area contributed by atoms with Crippen LogP contribution in [0.15, 0.2) is 48.7 Å². The van der Waals surface area contributed by atoms with Crippen LogP contribution in [-0.2, 0) is 0 Å². The predicted octanol–water partition coefficient (Wildman–Crippen LogP) is 3.48. The molecule has 118 valence electrons. The molecule has 24 heavy (non-hydrogen) atoms. The third kappa shape index (κ3) is 2.00. The van der Waals surface area contributed by atoms with Gasteiger partial charge in [-0.05, 0) is 30.3 Å². The Morgan fingerprint density at radius 2 is 2.04 bits per heavy atom. The van der Waals surface area contributed by atoms with E-state index in [2.05, 4.69) is 15.2 Å². The predicted molar refractivity (Wildman–Crippen MR) is 90.3 cm³/mol. The molecule has 0 aliphatic carbocycles. The number of nitrogens with zero attached hydrogens (tertiary/aromatic N) is 2. The molecule has 6 heteroatoms. The lowest BCUT2D eigenvalue weighted by molar-refractivity contribution is 0.0699. The summed E-state index contributed by atoms with van der Waals surface area (Å²) >= 11 is 0. The average Bonchev–Trinajstić information content (AvgIpc) is 3.04. The van der Waals surface area contributed by atoms with E-state index in [1.165, 1.54) is 0 Å². The molecule has 0 radical (unpaired) electrons. The van der Waals surface area contributed by atoms with Gasteiger partial charge in [0.25, 0.3) is 0 Å². The Kier molecular flexibility index (Phi) is 3.16. The number of pyridine rings is 1. The molecule has 2 aromatic heterocycles. The van der Waals surface area contributed by atoms with Gasteiger partial charge in [-0.25, -0.2) is 4.79 Å². The molecule has 6 nitrogen and oxygen atoms in total. The monoisotopic (exact) mass is 319 g/mol. The first-order valence-electron chi connectivity index (χ1n) is 7.33. The van der Waals surface area contributed by atoms with Crippen LogP contribution in [0, 0.1) is 0 Å². The van der Waals surface area contributed by atoms with Gasteiger partial charge in [-0.15, -0.1) is 0 Å². The van der Waals surface area contributed by atoms with Gasteiger partial charge in [0, 0.05) is 22.5 Å². The summed E-state index contributed by atoms with van der Waals surface area (Å²) in [5.41, 5.74) is 2.99. The number of carboxylic acids is 1. The Morgan fingerprint density at radius 3 is 2.83 bits per heavy atom. The summed E-state index contributed by atoms with van der Waals surface area (Å²) in [6, 6.07) is 12.5. The minimum Gasteiger partial charge on any atom is -0.494 e. The number of aromatic amines is 1. The number of nitrogens with one attached hydrogen (secondary N) is 1. The Balaban J connectivity index is 2.10. The topological polar surface area (TPSA) is 88.1 Å². The van der Waals surface area contributed by atoms with E-state index in [1.54, 1.807) is 25.4 Å². The molecule has 4 aromatic rings. The maximum Gasteiger partial charge on any atom is 0.336 e. The number of fused-ring (bicyclic) bond motifs is 2. The van der Waals surface area contributed by atoms with Gasteiger partial charge < -0.3 is 9.84 Å². The van der Waals surface area contributed by atoms with Gasteiger partial charge in [0.15, 0.2) is 0 Å². The van der Waals surface area contributed by atoms with Gasteiger partial charge >= 0.3 is 5.97 Å². The van der Waals surface area contributed by atoms with Crippen LogP contribution in [-0.4, -0.2) is 33.4 Å². The van der Waals surface area contributed by atoms with Gasteiger partial charge in [0.2, 0.25) is 0 Å². The molecule has 0 spiro atoms. The molecule has 0 atom stereocenters. The van der Waals surface area contributed by atoms with E-state index in [4.69, 9.17) is 4.74 Å². The fourth-order valence-electron chi connectivity index (χ4n) is 2.96. The Bertz CT molecular complexity index is 1090. The van der Waals surface area contributed by atoms with E-state index in [0.717, 1.165) is 10.9 Å². The number of ether oxygens (including phenoxy) is 1. The minimum atomic E-state index is -0.987. The number of rotatable bonds is 3. The van der Waals surface area contributed by atoms with E-state index in [1.807, 2.05) is 30.3 Å². The first-order chi connectivity index (χ1) is 11.7. The first-order valence-corrected chi connectivity index (χ1v) is 7.33. The van der Waals surface area contributed by atoms with Crippen LogP contribution >= 0.6 is 0 Å². The van der Waals surface area contributed by atoms with Crippen molar-refractivity contribution in [2.24, 2.45) is 0 Å². The van der Waals surface area contributed by atoms with Crippen molar-refractivity contribution < 1.29 is 14.6 Å². The van der Waals surface area contributed by atoms with Gasteiger partial charge in [-0.3, -0.25) is 10.1 Å². The molecule has 2 heterocycles. The molecular formula is C18H13N3O3. The van der Waals surface area contributed by atoms with Crippen LogP contribution in [0.2, 0.25) is 0 Å². The van der Waals surface area contributed by atoms with Crippen molar-refractivity contribution in [1.82, 2.24) is 15.2 Å². The van der Waals surface area contributed by atoms with Crippen molar-refractivity contribution in [3.63, 3.8) is 0 Å². The molecule has 4 rings (SSSR count). The van der Waals surface area contributed by atoms with Crippen molar-refractivity contribution in [2.75, 3.05) is 7.11 Å². The standard InChI is InChI=1S/C18H13N3O3/c1-24-14-8-7-11(10-5-3-9-19-16(10)14)17-15-12(18(22)23)4-2-6-13(15)20-21-17/h2-9H,1H3,(H,20,21)(H,22,23). The number of aromatic nitrogens is 3. The van der Waals surface area contributed by atoms with E-state index >= 15 is 0 Å². The summed E-state index contributed by atoms with van der Waals surface area (Å²) in [7, 11) is 1.59. The Labute approximate surface area is 136 Å². The second-order valence-corrected chi connectivity index (χ2v) is 5.32. The molecule has 0 aliphatic rings. The number of H-pyrrole nitrogens is 1. The van der Waals surface area contributed by atoms with Crippen LogP contribution in [0.4, 0.5) is 0 Å². The fraction of sp³-hybridized carbons (Fsp3) is 0.0556. The van der Waals surface area contributed by atoms with Gasteiger partial charge in [0.1, 0.15) is 17.0 Å². The zero-order valence-electron chi connectivity index (χ0n) is 12.8. The third-order valence-corrected chi connectivity index (χ3v) is 4.03. The van der Waals surface area contributed by atoms with E-state index in [-0.39, 0.29) is 5.56 Å². The minimum absolute atomic E-state index is 0.212. The highest BCUT2D eigenvalue weighted by Crippen LogP contribution is 2.36. The summed E-state index contributed by atoms with van der Waals surface area (Å²) < 4.78 is 5.36. The van der Waals surface area contributed by atoms with Crippen molar-refractivity contribution in [2.45, 2.75) is 0 Å². The molecule has 0 amide bonds. The molecule has 0 saturated heterocycles. The van der Waals surface area contributed by atoms with E-state index in [9.17, 15) is 9.90 Å². The number of hydrogen-bond acceptors (Lipinski definition) is 4. The SMILES string of the molecule is COc1ccc(-c2n[nH]c3cccc(C(=O)O)c23)c2cccnc12. The fourth-order valence-corrected chi connectivity index (χ4v) is 2.96. The van der Waals surface area contributed by atoms with Crippen LogP contribution in [0.1, 0.15) is 10.4 Å². The maximum atomic E-state index is 11.6. The van der Waals surface area contributed by atoms with Crippen LogP contribution in [0.25, 0.3) is 33.1 Å². The largest absolute Gasteiger partial charge is 0.494 e. The number of benzene rings is 2. The van der Waals surface area contributed by atoms with Crippen LogP contribution in [0.3, 0.4) is 0 Å². The quantitative estimate of drug-likeness (QED) is 0.603. The van der Waals surface area contributed by atoms with Crippen molar-refractivity contribution >= 4 is 27.8 Å². The van der Waals surface area contributed by atoms with Crippen LogP contribution < -0.4 is 4.74 Å². The molecule has 2 N–H and O–H groups in total. The van der Waals surface area contributed by atoms with Crippen molar-refractivity contribution in [3.05, 3.63) is 54.2 Å². The van der Waals surface area contributed by atoms with Gasteiger partial charge in [-0.2, -0.15) is 5.10 Å². The van der Waals surface area contributed by atoms with Crippen LogP contribution in [0.5, 0.6) is 5.75 Å². The van der Waals surface area contributed by atoms with Crippen molar-refractivity contribution in [3.8, 4) is 17.0 Å². The second-order valence-electron chi connectivity index (χ2n) is 5.32. The zero-order valence-corrected chi connectivity index (χ0v) is 12.8. The molecule has 2 aromatic carbocycles. The van der Waals surface area contributed by atoms with Gasteiger partial charge in [-0.1, -0.05) is 12.1 Å². The molecule has 0 unspecified atom stereocenters. The molecular weight excluding hydrogens is 306 g/mol. The number of carbonyl (C=O) groups is 1.